The maximum absolute atomic E-state index is 9.77. The molecule has 2 N–H and O–H groups in total. The van der Waals surface area contributed by atoms with Crippen LogP contribution >= 0.6 is 0 Å². The molecule has 5 nitrogen and oxygen atoms in total. The van der Waals surface area contributed by atoms with Gasteiger partial charge in [0.25, 0.3) is 0 Å². The second-order valence-corrected chi connectivity index (χ2v) is 1.35. The van der Waals surface area contributed by atoms with Crippen LogP contribution in [0.2, 0.25) is 0 Å². The summed E-state index contributed by atoms with van der Waals surface area (Å²) in [5.74, 6) is -1.30. The SMILES string of the molecule is N#CN(CN)CC(=O)[O-].[Na+]. The number of carbonyl (C=O) groups is 1. The van der Waals surface area contributed by atoms with Crippen LogP contribution in [0.4, 0.5) is 0 Å². The van der Waals surface area contributed by atoms with Crippen molar-refractivity contribution in [1.82, 2.24) is 4.90 Å². The molecule has 10 heavy (non-hydrogen) atoms. The predicted octanol–water partition coefficient (Wildman–Crippen LogP) is -5.56. The molecule has 0 fully saturated rings. The smallest absolute Gasteiger partial charge is 0.548 e. The fraction of sp³-hybridized carbons (Fsp3) is 0.500. The maximum atomic E-state index is 9.77. The average molecular weight is 151 g/mol. The normalized spacial score (nSPS) is 7.20. The van der Waals surface area contributed by atoms with Crippen molar-refractivity contribution < 1.29 is 39.5 Å². The molecule has 0 aromatic carbocycles. The van der Waals surface area contributed by atoms with Crippen molar-refractivity contribution in [2.75, 3.05) is 13.2 Å². The molecule has 0 bridgehead atoms. The topological polar surface area (TPSA) is 93.2 Å². The van der Waals surface area contributed by atoms with E-state index in [-0.39, 0.29) is 36.2 Å². The summed E-state index contributed by atoms with van der Waals surface area (Å²) >= 11 is 0. The van der Waals surface area contributed by atoms with Crippen molar-refractivity contribution in [2.45, 2.75) is 0 Å². The van der Waals surface area contributed by atoms with E-state index in [1.54, 1.807) is 6.19 Å². The monoisotopic (exact) mass is 151 g/mol. The fourth-order valence-corrected chi connectivity index (χ4v) is 0.297. The molecule has 6 heteroatoms. The van der Waals surface area contributed by atoms with Crippen molar-refractivity contribution in [3.05, 3.63) is 0 Å². The van der Waals surface area contributed by atoms with E-state index < -0.39 is 12.5 Å². The van der Waals surface area contributed by atoms with Crippen molar-refractivity contribution in [3.63, 3.8) is 0 Å². The quantitative estimate of drug-likeness (QED) is 0.188. The first-order valence-corrected chi connectivity index (χ1v) is 2.25. The van der Waals surface area contributed by atoms with Gasteiger partial charge in [-0.3, -0.25) is 4.90 Å². The molecule has 0 aromatic heterocycles. The number of nitrogens with two attached hydrogens (primary N) is 1. The van der Waals surface area contributed by atoms with Crippen LogP contribution in [0, 0.1) is 11.5 Å². The van der Waals surface area contributed by atoms with Crippen LogP contribution in [0.5, 0.6) is 0 Å². The number of nitrogens with zero attached hydrogens (tertiary/aromatic N) is 2. The molecular weight excluding hydrogens is 145 g/mol. The van der Waals surface area contributed by atoms with Gasteiger partial charge in [0.15, 0.2) is 6.19 Å². The minimum absolute atomic E-state index is 0. The zero-order valence-electron chi connectivity index (χ0n) is 5.70. The number of carboxylic acids is 1. The molecule has 0 aromatic rings. The van der Waals surface area contributed by atoms with E-state index >= 15 is 0 Å². The first kappa shape index (κ1) is 12.4. The third-order valence-electron chi connectivity index (χ3n) is 0.682. The van der Waals surface area contributed by atoms with E-state index in [0.717, 1.165) is 4.90 Å². The zero-order valence-corrected chi connectivity index (χ0v) is 7.70. The number of carboxylic acid groups (broad SMARTS) is 1. The fourth-order valence-electron chi connectivity index (χ4n) is 0.297. The summed E-state index contributed by atoms with van der Waals surface area (Å²) in [4.78, 5) is 10.6. The summed E-state index contributed by atoms with van der Waals surface area (Å²) in [5, 5.41) is 17.8. The molecule has 0 aliphatic heterocycles. The Morgan fingerprint density at radius 1 is 1.80 bits per heavy atom. The van der Waals surface area contributed by atoms with Crippen molar-refractivity contribution in [1.29, 1.82) is 5.26 Å². The molecular formula is C4H6N3NaO2. The number of carbonyl (C=O) groups excluding carboxylic acids is 1. The summed E-state index contributed by atoms with van der Waals surface area (Å²) in [6.07, 6.45) is 1.57. The Kier molecular flexibility index (Phi) is 8.48. The van der Waals surface area contributed by atoms with Gasteiger partial charge in [-0.1, -0.05) is 0 Å². The summed E-state index contributed by atoms with van der Waals surface area (Å²) in [6.45, 7) is -0.530. The standard InChI is InChI=1S/C4H7N3O2.Na/c5-2-7(3-6)1-4(8)9;/h1-2,5H2,(H,8,9);/q;+1/p-1. The van der Waals surface area contributed by atoms with Gasteiger partial charge in [-0.2, -0.15) is 5.26 Å². The Bertz CT molecular complexity index is 144. The summed E-state index contributed by atoms with van der Waals surface area (Å²) in [5.41, 5.74) is 4.94. The number of hydrogen-bond donors (Lipinski definition) is 1. The van der Waals surface area contributed by atoms with Gasteiger partial charge in [0, 0.05) is 0 Å². The zero-order chi connectivity index (χ0) is 7.28. The van der Waals surface area contributed by atoms with E-state index in [1.807, 2.05) is 0 Å². The van der Waals surface area contributed by atoms with Gasteiger partial charge < -0.3 is 15.6 Å². The Labute approximate surface area is 80.7 Å². The van der Waals surface area contributed by atoms with Gasteiger partial charge in [-0.05, 0) is 0 Å². The van der Waals surface area contributed by atoms with Gasteiger partial charge >= 0.3 is 29.6 Å². The number of nitriles is 1. The summed E-state index contributed by atoms with van der Waals surface area (Å²) in [6, 6.07) is 0. The number of hydrogen-bond acceptors (Lipinski definition) is 5. The molecule has 0 saturated carbocycles. The minimum Gasteiger partial charge on any atom is -0.548 e. The molecule has 0 saturated heterocycles. The maximum Gasteiger partial charge on any atom is 1.00 e. The predicted molar refractivity (Wildman–Crippen MR) is 26.4 cm³/mol. The van der Waals surface area contributed by atoms with Crippen molar-refractivity contribution >= 4 is 5.97 Å². The summed E-state index contributed by atoms with van der Waals surface area (Å²) in [7, 11) is 0. The van der Waals surface area contributed by atoms with E-state index in [9.17, 15) is 9.90 Å². The first-order valence-electron chi connectivity index (χ1n) is 2.25. The molecule has 0 rings (SSSR count). The third kappa shape index (κ3) is 5.85. The Hall–Kier alpha value is -0.280. The van der Waals surface area contributed by atoms with Gasteiger partial charge in [0.05, 0.1) is 19.2 Å². The van der Waals surface area contributed by atoms with Crippen LogP contribution in [0.15, 0.2) is 0 Å². The van der Waals surface area contributed by atoms with Crippen LogP contribution in [-0.4, -0.2) is 24.1 Å². The van der Waals surface area contributed by atoms with Gasteiger partial charge in [0.2, 0.25) is 0 Å². The molecule has 0 amide bonds. The van der Waals surface area contributed by atoms with Crippen molar-refractivity contribution in [2.24, 2.45) is 5.73 Å². The van der Waals surface area contributed by atoms with Crippen LogP contribution in [0.25, 0.3) is 0 Å². The van der Waals surface area contributed by atoms with E-state index in [0.29, 0.717) is 0 Å². The number of aliphatic carboxylic acids is 1. The Morgan fingerprint density at radius 2 is 2.30 bits per heavy atom. The summed E-state index contributed by atoms with van der Waals surface area (Å²) < 4.78 is 0. The molecule has 0 unspecified atom stereocenters. The van der Waals surface area contributed by atoms with Crippen molar-refractivity contribution in [3.8, 4) is 6.19 Å². The molecule has 0 spiro atoms. The Balaban J connectivity index is 0. The Morgan fingerprint density at radius 3 is 2.40 bits per heavy atom. The average Bonchev–Trinajstić information content (AvgIpc) is 1.82. The largest absolute Gasteiger partial charge is 1.00 e. The number of rotatable bonds is 3. The molecule has 50 valence electrons. The molecule has 0 atom stereocenters. The van der Waals surface area contributed by atoms with Crippen LogP contribution in [-0.2, 0) is 4.79 Å². The first-order chi connectivity index (χ1) is 4.20. The minimum atomic E-state index is -1.30. The van der Waals surface area contributed by atoms with E-state index in [2.05, 4.69) is 0 Å². The second-order valence-electron chi connectivity index (χ2n) is 1.35. The molecule has 0 aliphatic rings. The molecule has 0 radical (unpaired) electrons. The second kappa shape index (κ2) is 6.83. The van der Waals surface area contributed by atoms with Crippen LogP contribution in [0.1, 0.15) is 0 Å². The van der Waals surface area contributed by atoms with Gasteiger partial charge in [-0.25, -0.2) is 0 Å². The van der Waals surface area contributed by atoms with Crippen LogP contribution < -0.4 is 40.4 Å². The van der Waals surface area contributed by atoms with Gasteiger partial charge in [-0.15, -0.1) is 0 Å². The van der Waals surface area contributed by atoms with Gasteiger partial charge in [0.1, 0.15) is 0 Å². The van der Waals surface area contributed by atoms with E-state index in [4.69, 9.17) is 11.0 Å². The molecule has 0 aliphatic carbocycles. The van der Waals surface area contributed by atoms with Crippen LogP contribution in [0.3, 0.4) is 0 Å². The third-order valence-corrected chi connectivity index (χ3v) is 0.682. The molecule has 0 heterocycles. The van der Waals surface area contributed by atoms with E-state index in [1.165, 1.54) is 0 Å².